The number of hydrogen-bond donors (Lipinski definition) is 1. The third-order valence-electron chi connectivity index (χ3n) is 4.36. The molecule has 1 aromatic heterocycles. The zero-order valence-corrected chi connectivity index (χ0v) is 17.6. The third kappa shape index (κ3) is 4.82. The van der Waals surface area contributed by atoms with Gasteiger partial charge in [-0.15, -0.1) is 0 Å². The quantitative estimate of drug-likeness (QED) is 0.691. The highest BCUT2D eigenvalue weighted by Crippen LogP contribution is 2.32. The van der Waals surface area contributed by atoms with Crippen LogP contribution in [-0.4, -0.2) is 34.6 Å². The van der Waals surface area contributed by atoms with Gasteiger partial charge in [-0.1, -0.05) is 31.5 Å². The number of hydrogen-bond acceptors (Lipinski definition) is 6. The molecule has 1 atom stereocenters. The van der Waals surface area contributed by atoms with Gasteiger partial charge in [0.05, 0.1) is 5.69 Å². The molecule has 0 radical (unpaired) electrons. The van der Waals surface area contributed by atoms with Crippen LogP contribution < -0.4 is 14.8 Å². The Balaban J connectivity index is 1.58. The highest BCUT2D eigenvalue weighted by atomic mass is 35.5. The van der Waals surface area contributed by atoms with Crippen molar-refractivity contribution >= 4 is 23.5 Å². The Morgan fingerprint density at radius 3 is 2.72 bits per heavy atom. The predicted molar refractivity (Wildman–Crippen MR) is 106 cm³/mol. The molecule has 2 heterocycles. The van der Waals surface area contributed by atoms with Crippen LogP contribution in [0.25, 0.3) is 0 Å². The van der Waals surface area contributed by atoms with Gasteiger partial charge in [-0.3, -0.25) is 9.48 Å². The number of fused-ring (bicyclic) bond motifs is 1. The summed E-state index contributed by atoms with van der Waals surface area (Å²) in [7, 11) is 0. The first-order chi connectivity index (χ1) is 13.8. The van der Waals surface area contributed by atoms with Gasteiger partial charge in [0, 0.05) is 13.1 Å². The molecular weight excluding hydrogens is 398 g/mol. The highest BCUT2D eigenvalue weighted by Gasteiger charge is 2.26. The first-order valence-corrected chi connectivity index (χ1v) is 9.74. The maximum atomic E-state index is 12.5. The minimum absolute atomic E-state index is 0.183. The number of amides is 1. The van der Waals surface area contributed by atoms with Crippen molar-refractivity contribution in [3.05, 3.63) is 40.2 Å². The second kappa shape index (κ2) is 8.73. The molecule has 9 heteroatoms. The van der Waals surface area contributed by atoms with E-state index in [9.17, 15) is 9.59 Å². The summed E-state index contributed by atoms with van der Waals surface area (Å²) in [5, 5.41) is 7.25. The zero-order valence-electron chi connectivity index (χ0n) is 16.8. The van der Waals surface area contributed by atoms with Crippen molar-refractivity contribution in [2.75, 3.05) is 6.79 Å². The van der Waals surface area contributed by atoms with Crippen LogP contribution in [-0.2, 0) is 22.6 Å². The molecule has 1 aromatic carbocycles. The Kier molecular flexibility index (Phi) is 6.32. The third-order valence-corrected chi connectivity index (χ3v) is 4.75. The number of carbonyl (C=O) groups is 2. The number of esters is 1. The summed E-state index contributed by atoms with van der Waals surface area (Å²) in [6.45, 7) is 8.28. The average Bonchev–Trinajstić information content (AvgIpc) is 3.22. The van der Waals surface area contributed by atoms with Crippen LogP contribution >= 0.6 is 11.6 Å². The number of nitrogens with zero attached hydrogens (tertiary/aromatic N) is 2. The van der Waals surface area contributed by atoms with Crippen LogP contribution in [0.1, 0.15) is 42.4 Å². The molecule has 0 fully saturated rings. The van der Waals surface area contributed by atoms with Crippen molar-refractivity contribution in [1.82, 2.24) is 15.1 Å². The number of rotatable bonds is 7. The maximum absolute atomic E-state index is 12.5. The monoisotopic (exact) mass is 421 g/mol. The summed E-state index contributed by atoms with van der Waals surface area (Å²) < 4.78 is 17.5. The lowest BCUT2D eigenvalue weighted by Gasteiger charge is -2.14. The molecule has 1 amide bonds. The molecule has 2 aromatic rings. The van der Waals surface area contributed by atoms with Crippen LogP contribution in [0, 0.1) is 12.8 Å². The molecule has 0 saturated heterocycles. The van der Waals surface area contributed by atoms with E-state index in [1.807, 2.05) is 19.9 Å². The number of halogens is 1. The van der Waals surface area contributed by atoms with Crippen LogP contribution in [0.2, 0.25) is 5.15 Å². The summed E-state index contributed by atoms with van der Waals surface area (Å²) in [5.41, 5.74) is 1.49. The second-order valence-electron chi connectivity index (χ2n) is 7.28. The Morgan fingerprint density at radius 2 is 2.00 bits per heavy atom. The van der Waals surface area contributed by atoms with Crippen molar-refractivity contribution in [1.29, 1.82) is 0 Å². The van der Waals surface area contributed by atoms with Gasteiger partial charge in [0.15, 0.2) is 17.6 Å². The normalized spacial score (nSPS) is 13.4. The minimum atomic E-state index is -0.986. The summed E-state index contributed by atoms with van der Waals surface area (Å²) >= 11 is 6.30. The van der Waals surface area contributed by atoms with Crippen LogP contribution in [0.4, 0.5) is 0 Å². The first-order valence-electron chi connectivity index (χ1n) is 9.36. The summed E-state index contributed by atoms with van der Waals surface area (Å²) in [6.07, 6.45) is -0.986. The molecule has 0 saturated carbocycles. The van der Waals surface area contributed by atoms with Gasteiger partial charge in [0.2, 0.25) is 6.79 Å². The topological polar surface area (TPSA) is 91.7 Å². The number of benzene rings is 1. The molecule has 0 bridgehead atoms. The lowest BCUT2D eigenvalue weighted by molar-refractivity contribution is -0.129. The van der Waals surface area contributed by atoms with Gasteiger partial charge in [-0.05, 0) is 37.5 Å². The number of ether oxygens (including phenoxy) is 3. The van der Waals surface area contributed by atoms with Gasteiger partial charge < -0.3 is 19.5 Å². The van der Waals surface area contributed by atoms with Crippen molar-refractivity contribution in [2.45, 2.75) is 46.9 Å². The van der Waals surface area contributed by atoms with Crippen LogP contribution in [0.5, 0.6) is 11.5 Å². The number of nitrogens with one attached hydrogen (secondary N) is 1. The molecule has 1 N–H and O–H groups in total. The Labute approximate surface area is 174 Å². The van der Waals surface area contributed by atoms with E-state index in [2.05, 4.69) is 10.4 Å². The Bertz CT molecular complexity index is 925. The van der Waals surface area contributed by atoms with Crippen molar-refractivity contribution in [3.63, 3.8) is 0 Å². The molecule has 1 aliphatic heterocycles. The number of carbonyl (C=O) groups excluding carboxylic acids is 2. The molecule has 0 unspecified atom stereocenters. The van der Waals surface area contributed by atoms with Gasteiger partial charge in [0.25, 0.3) is 5.91 Å². The zero-order chi connectivity index (χ0) is 21.1. The minimum Gasteiger partial charge on any atom is -0.454 e. The van der Waals surface area contributed by atoms with Crippen LogP contribution in [0.15, 0.2) is 18.2 Å². The molecule has 0 spiro atoms. The predicted octanol–water partition coefficient (Wildman–Crippen LogP) is 3.09. The van der Waals surface area contributed by atoms with Gasteiger partial charge in [-0.2, -0.15) is 5.10 Å². The van der Waals surface area contributed by atoms with E-state index in [0.717, 1.165) is 5.56 Å². The molecule has 3 rings (SSSR count). The molecule has 1 aliphatic rings. The lowest BCUT2D eigenvalue weighted by atomic mass is 10.2. The van der Waals surface area contributed by atoms with E-state index in [1.165, 1.54) is 6.92 Å². The van der Waals surface area contributed by atoms with Gasteiger partial charge in [0.1, 0.15) is 10.7 Å². The summed E-state index contributed by atoms with van der Waals surface area (Å²) in [6, 6.07) is 5.41. The fourth-order valence-corrected chi connectivity index (χ4v) is 3.23. The van der Waals surface area contributed by atoms with Crippen molar-refractivity contribution in [2.24, 2.45) is 5.92 Å². The van der Waals surface area contributed by atoms with E-state index in [0.29, 0.717) is 29.7 Å². The van der Waals surface area contributed by atoms with E-state index in [1.54, 1.807) is 23.7 Å². The van der Waals surface area contributed by atoms with Crippen LogP contribution in [0.3, 0.4) is 0 Å². The van der Waals surface area contributed by atoms with E-state index >= 15 is 0 Å². The Morgan fingerprint density at radius 1 is 1.28 bits per heavy atom. The molecule has 156 valence electrons. The van der Waals surface area contributed by atoms with E-state index < -0.39 is 18.0 Å². The average molecular weight is 422 g/mol. The van der Waals surface area contributed by atoms with Gasteiger partial charge in [-0.25, -0.2) is 4.79 Å². The second-order valence-corrected chi connectivity index (χ2v) is 7.64. The highest BCUT2D eigenvalue weighted by molar-refractivity contribution is 6.32. The number of aryl methyl sites for hydroxylation is 1. The van der Waals surface area contributed by atoms with E-state index in [-0.39, 0.29) is 24.1 Å². The molecule has 29 heavy (non-hydrogen) atoms. The smallest absolute Gasteiger partial charge is 0.343 e. The fourth-order valence-electron chi connectivity index (χ4n) is 2.91. The van der Waals surface area contributed by atoms with Crippen molar-refractivity contribution in [3.8, 4) is 11.5 Å². The lowest BCUT2D eigenvalue weighted by Crippen LogP contribution is -2.35. The van der Waals surface area contributed by atoms with E-state index in [4.69, 9.17) is 25.8 Å². The molecule has 0 aliphatic carbocycles. The number of aromatic nitrogens is 2. The summed E-state index contributed by atoms with van der Waals surface area (Å²) in [5.74, 6) is 0.538. The summed E-state index contributed by atoms with van der Waals surface area (Å²) in [4.78, 5) is 24.9. The largest absolute Gasteiger partial charge is 0.454 e. The maximum Gasteiger partial charge on any atom is 0.343 e. The fraction of sp³-hybridized carbons (Fsp3) is 0.450. The van der Waals surface area contributed by atoms with Crippen molar-refractivity contribution < 1.29 is 23.8 Å². The molecular formula is C20H24ClN3O5. The molecule has 8 nitrogen and oxygen atoms in total. The Hall–Kier alpha value is -2.74. The first kappa shape index (κ1) is 21.0. The standard InChI is InChI=1S/C20H24ClN3O5/c1-11(2)9-24-18(21)17(12(3)23-24)20(26)29-13(4)19(25)22-8-14-5-6-15-16(7-14)28-10-27-15/h5-7,11,13H,8-10H2,1-4H3,(H,22,25)/t13-/m0/s1. The SMILES string of the molecule is Cc1nn(CC(C)C)c(Cl)c1C(=O)O[C@@H](C)C(=O)NCc1ccc2c(c1)OCO2. The van der Waals surface area contributed by atoms with Gasteiger partial charge >= 0.3 is 5.97 Å².